The number of benzene rings is 2. The first-order valence-corrected chi connectivity index (χ1v) is 9.14. The fraction of sp³-hybridized carbons (Fsp3) is 0.409. The zero-order valence-electron chi connectivity index (χ0n) is 16.3. The summed E-state index contributed by atoms with van der Waals surface area (Å²) in [4.78, 5) is 12.6. The molecule has 0 bridgehead atoms. The van der Waals surface area contributed by atoms with E-state index in [-0.39, 0.29) is 11.3 Å². The zero-order chi connectivity index (χ0) is 19.2. The van der Waals surface area contributed by atoms with Gasteiger partial charge in [0, 0.05) is 11.8 Å². The average molecular weight is 355 g/mol. The fourth-order valence-electron chi connectivity index (χ4n) is 2.57. The van der Waals surface area contributed by atoms with Crippen molar-refractivity contribution < 1.29 is 14.3 Å². The van der Waals surface area contributed by atoms with Crippen LogP contribution in [0.1, 0.15) is 46.6 Å². The molecule has 0 saturated heterocycles. The first kappa shape index (κ1) is 19.8. The van der Waals surface area contributed by atoms with Gasteiger partial charge in [-0.3, -0.25) is 4.79 Å². The molecule has 1 atom stereocenters. The van der Waals surface area contributed by atoms with E-state index in [0.717, 1.165) is 5.75 Å². The fourth-order valence-corrected chi connectivity index (χ4v) is 2.57. The van der Waals surface area contributed by atoms with Crippen molar-refractivity contribution in [1.29, 1.82) is 0 Å². The molecule has 0 unspecified atom stereocenters. The van der Waals surface area contributed by atoms with Gasteiger partial charge in [0.25, 0.3) is 5.91 Å². The predicted octanol–water partition coefficient (Wildman–Crippen LogP) is 5.18. The summed E-state index contributed by atoms with van der Waals surface area (Å²) in [6.07, 6.45) is 0.0316. The third-order valence-electron chi connectivity index (χ3n) is 4.07. The Hall–Kier alpha value is -2.49. The van der Waals surface area contributed by atoms with Gasteiger partial charge in [0.1, 0.15) is 11.5 Å². The molecule has 0 radical (unpaired) electrons. The van der Waals surface area contributed by atoms with Gasteiger partial charge in [0.15, 0.2) is 6.10 Å². The molecule has 2 aromatic rings. The minimum absolute atomic E-state index is 0.0889. The van der Waals surface area contributed by atoms with Gasteiger partial charge in [0.2, 0.25) is 0 Å². The Labute approximate surface area is 156 Å². The highest BCUT2D eigenvalue weighted by Crippen LogP contribution is 2.25. The molecule has 4 nitrogen and oxygen atoms in total. The minimum Gasteiger partial charge on any atom is -0.494 e. The van der Waals surface area contributed by atoms with Crippen molar-refractivity contribution in [3.63, 3.8) is 0 Å². The van der Waals surface area contributed by atoms with Crippen LogP contribution in [0.2, 0.25) is 0 Å². The zero-order valence-corrected chi connectivity index (χ0v) is 16.3. The van der Waals surface area contributed by atoms with Crippen LogP contribution in [-0.4, -0.2) is 18.6 Å². The molecule has 2 rings (SSSR count). The van der Waals surface area contributed by atoms with Gasteiger partial charge in [0.05, 0.1) is 6.61 Å². The molecule has 0 aliphatic heterocycles. The summed E-state index contributed by atoms with van der Waals surface area (Å²) >= 11 is 0. The first-order chi connectivity index (χ1) is 12.3. The number of carbonyl (C=O) groups excluding carboxylic acids is 1. The maximum atomic E-state index is 12.6. The molecule has 0 aliphatic rings. The van der Waals surface area contributed by atoms with E-state index in [1.54, 1.807) is 0 Å². The summed E-state index contributed by atoms with van der Waals surface area (Å²) in [5, 5.41) is 2.90. The Morgan fingerprint density at radius 2 is 1.73 bits per heavy atom. The second kappa shape index (κ2) is 8.75. The topological polar surface area (TPSA) is 47.6 Å². The molecule has 140 valence electrons. The minimum atomic E-state index is -0.550. The predicted molar refractivity (Wildman–Crippen MR) is 106 cm³/mol. The summed E-state index contributed by atoms with van der Waals surface area (Å²) in [7, 11) is 0. The molecule has 0 saturated carbocycles. The second-order valence-electron chi connectivity index (χ2n) is 7.24. The van der Waals surface area contributed by atoms with Crippen LogP contribution in [0.4, 0.5) is 5.69 Å². The lowest BCUT2D eigenvalue weighted by molar-refractivity contribution is -0.122. The highest BCUT2D eigenvalue weighted by Gasteiger charge is 2.19. The van der Waals surface area contributed by atoms with Crippen molar-refractivity contribution in [2.45, 2.75) is 52.6 Å². The summed E-state index contributed by atoms with van der Waals surface area (Å²) in [5.74, 6) is 1.26. The van der Waals surface area contributed by atoms with E-state index in [9.17, 15) is 4.79 Å². The maximum absolute atomic E-state index is 12.6. The van der Waals surface area contributed by atoms with E-state index in [2.05, 4.69) is 26.1 Å². The quantitative estimate of drug-likeness (QED) is 0.744. The van der Waals surface area contributed by atoms with Crippen molar-refractivity contribution in [1.82, 2.24) is 0 Å². The smallest absolute Gasteiger partial charge is 0.265 e. The van der Waals surface area contributed by atoms with Gasteiger partial charge in [-0.1, -0.05) is 45.9 Å². The molecule has 0 aromatic heterocycles. The SMILES string of the molecule is CCOc1cccc(NC(=O)[C@@H](CC)Oc2ccc(C(C)(C)C)cc2)c1. The van der Waals surface area contributed by atoms with Crippen LogP contribution in [-0.2, 0) is 10.2 Å². The first-order valence-electron chi connectivity index (χ1n) is 9.14. The molecule has 4 heteroatoms. The Morgan fingerprint density at radius 1 is 1.04 bits per heavy atom. The molecule has 26 heavy (non-hydrogen) atoms. The van der Waals surface area contributed by atoms with Crippen molar-refractivity contribution in [2.75, 3.05) is 11.9 Å². The molecule has 0 spiro atoms. The van der Waals surface area contributed by atoms with Crippen LogP contribution in [0.5, 0.6) is 11.5 Å². The van der Waals surface area contributed by atoms with E-state index in [1.807, 2.05) is 62.4 Å². The highest BCUT2D eigenvalue weighted by atomic mass is 16.5. The molecule has 0 heterocycles. The van der Waals surface area contributed by atoms with Crippen LogP contribution in [0, 0.1) is 0 Å². The molecular weight excluding hydrogens is 326 g/mol. The average Bonchev–Trinajstić information content (AvgIpc) is 2.60. The number of hydrogen-bond acceptors (Lipinski definition) is 3. The Balaban J connectivity index is 2.03. The van der Waals surface area contributed by atoms with Gasteiger partial charge in [-0.15, -0.1) is 0 Å². The van der Waals surface area contributed by atoms with Crippen molar-refractivity contribution in [2.24, 2.45) is 0 Å². The summed E-state index contributed by atoms with van der Waals surface area (Å²) in [5.41, 5.74) is 2.02. The van der Waals surface area contributed by atoms with Gasteiger partial charge in [-0.05, 0) is 48.6 Å². The van der Waals surface area contributed by atoms with E-state index in [1.165, 1.54) is 5.56 Å². The molecule has 1 N–H and O–H groups in total. The third kappa shape index (κ3) is 5.51. The normalized spacial score (nSPS) is 12.3. The molecule has 1 amide bonds. The molecular formula is C22H29NO3. The number of carbonyl (C=O) groups is 1. The number of rotatable bonds is 7. The second-order valence-corrected chi connectivity index (χ2v) is 7.24. The van der Waals surface area contributed by atoms with Gasteiger partial charge in [-0.2, -0.15) is 0 Å². The maximum Gasteiger partial charge on any atom is 0.265 e. The lowest BCUT2D eigenvalue weighted by Gasteiger charge is -2.21. The van der Waals surface area contributed by atoms with Crippen molar-refractivity contribution in [3.05, 3.63) is 54.1 Å². The number of nitrogens with one attached hydrogen (secondary N) is 1. The van der Waals surface area contributed by atoms with E-state index in [0.29, 0.717) is 24.5 Å². The van der Waals surface area contributed by atoms with E-state index < -0.39 is 6.10 Å². The van der Waals surface area contributed by atoms with Crippen molar-refractivity contribution >= 4 is 11.6 Å². The lowest BCUT2D eigenvalue weighted by atomic mass is 9.87. The Morgan fingerprint density at radius 3 is 2.31 bits per heavy atom. The molecule has 0 fully saturated rings. The number of amides is 1. The number of ether oxygens (including phenoxy) is 2. The van der Waals surface area contributed by atoms with E-state index >= 15 is 0 Å². The Kier molecular flexibility index (Phi) is 6.67. The van der Waals surface area contributed by atoms with Crippen molar-refractivity contribution in [3.8, 4) is 11.5 Å². The van der Waals surface area contributed by atoms with Gasteiger partial charge >= 0.3 is 0 Å². The van der Waals surface area contributed by atoms with Crippen LogP contribution in [0.25, 0.3) is 0 Å². The third-order valence-corrected chi connectivity index (χ3v) is 4.07. The summed E-state index contributed by atoms with van der Waals surface area (Å²) in [6, 6.07) is 15.3. The lowest BCUT2D eigenvalue weighted by Crippen LogP contribution is -2.32. The number of hydrogen-bond donors (Lipinski definition) is 1. The molecule has 0 aliphatic carbocycles. The monoisotopic (exact) mass is 355 g/mol. The van der Waals surface area contributed by atoms with Gasteiger partial charge < -0.3 is 14.8 Å². The largest absolute Gasteiger partial charge is 0.494 e. The Bertz CT molecular complexity index is 717. The van der Waals surface area contributed by atoms with Crippen LogP contribution in [0.15, 0.2) is 48.5 Å². The molecule has 2 aromatic carbocycles. The highest BCUT2D eigenvalue weighted by molar-refractivity contribution is 5.94. The summed E-state index contributed by atoms with van der Waals surface area (Å²) < 4.78 is 11.4. The standard InChI is InChI=1S/C22H29NO3/c1-6-20(26-18-13-11-16(12-14-18)22(3,4)5)21(24)23-17-9-8-10-19(15-17)25-7-2/h8-15,20H,6-7H2,1-5H3,(H,23,24)/t20-/m1/s1. The number of anilines is 1. The van der Waals surface area contributed by atoms with E-state index in [4.69, 9.17) is 9.47 Å². The van der Waals surface area contributed by atoms with Gasteiger partial charge in [-0.25, -0.2) is 0 Å². The van der Waals surface area contributed by atoms with Crippen LogP contribution >= 0.6 is 0 Å². The van der Waals surface area contributed by atoms with Crippen LogP contribution in [0.3, 0.4) is 0 Å². The summed E-state index contributed by atoms with van der Waals surface area (Å²) in [6.45, 7) is 11.0. The van der Waals surface area contributed by atoms with Crippen LogP contribution < -0.4 is 14.8 Å².